The number of hydrogen-bond donors (Lipinski definition) is 1. The Morgan fingerprint density at radius 3 is 2.67 bits per heavy atom. The van der Waals surface area contributed by atoms with Gasteiger partial charge in [0.2, 0.25) is 17.7 Å². The summed E-state index contributed by atoms with van der Waals surface area (Å²) in [7, 11) is 0. The lowest BCUT2D eigenvalue weighted by molar-refractivity contribution is -0.276. The lowest BCUT2D eigenvalue weighted by Gasteiger charge is -2.27. The van der Waals surface area contributed by atoms with Gasteiger partial charge in [0.25, 0.3) is 0 Å². The smallest absolute Gasteiger partial charge is 0.388 e. The number of aromatic nitrogens is 6. The highest BCUT2D eigenvalue weighted by Crippen LogP contribution is 2.48. The molecule has 0 unspecified atom stereocenters. The number of alkyl halides is 3. The Bertz CT molecular complexity index is 2020. The minimum absolute atomic E-state index is 0.129. The number of piperidine rings is 1. The van der Waals surface area contributed by atoms with Gasteiger partial charge in [-0.1, -0.05) is 12.1 Å². The maximum Gasteiger partial charge on any atom is 0.574 e. The van der Waals surface area contributed by atoms with Crippen LogP contribution in [0.3, 0.4) is 0 Å². The molecule has 1 saturated carbocycles. The molecule has 2 aliphatic rings. The summed E-state index contributed by atoms with van der Waals surface area (Å²) in [5.74, 6) is -1.91. The van der Waals surface area contributed by atoms with E-state index in [1.54, 1.807) is 16.8 Å². The van der Waals surface area contributed by atoms with Gasteiger partial charge in [0.15, 0.2) is 11.4 Å². The molecule has 15 heteroatoms. The minimum atomic E-state index is -4.93. The predicted octanol–water partition coefficient (Wildman–Crippen LogP) is 4.18. The molecule has 1 N–H and O–H groups in total. The third-order valence-electron chi connectivity index (χ3n) is 8.03. The number of likely N-dealkylation sites (tertiary alicyclic amines) is 1. The van der Waals surface area contributed by atoms with Gasteiger partial charge in [-0.25, -0.2) is 9.50 Å². The first-order valence-corrected chi connectivity index (χ1v) is 14.1. The van der Waals surface area contributed by atoms with Crippen molar-refractivity contribution in [1.29, 1.82) is 0 Å². The molecular formula is C30H25F3N8O4. The second-order valence-electron chi connectivity index (χ2n) is 11.2. The summed E-state index contributed by atoms with van der Waals surface area (Å²) in [6.07, 6.45) is -0.205. The summed E-state index contributed by atoms with van der Waals surface area (Å²) < 4.78 is 44.8. The second-order valence-corrected chi connectivity index (χ2v) is 11.2. The van der Waals surface area contributed by atoms with E-state index in [0.29, 0.717) is 23.0 Å². The van der Waals surface area contributed by atoms with Gasteiger partial charge in [0.05, 0.1) is 11.2 Å². The molecule has 2 fully saturated rings. The van der Waals surface area contributed by atoms with Crippen LogP contribution >= 0.6 is 0 Å². The van der Waals surface area contributed by atoms with E-state index in [4.69, 9.17) is 0 Å². The average molecular weight is 619 g/mol. The van der Waals surface area contributed by atoms with Gasteiger partial charge in [0, 0.05) is 48.4 Å². The fourth-order valence-corrected chi connectivity index (χ4v) is 6.01. The zero-order valence-corrected chi connectivity index (χ0v) is 23.9. The number of ether oxygens (including phenoxy) is 1. The van der Waals surface area contributed by atoms with Crippen LogP contribution in [-0.4, -0.2) is 70.3 Å². The molecule has 5 aromatic rings. The Kier molecular flexibility index (Phi) is 6.56. The van der Waals surface area contributed by atoms with Crippen molar-refractivity contribution < 1.29 is 32.3 Å². The zero-order valence-electron chi connectivity index (χ0n) is 23.9. The molecular weight excluding hydrogens is 593 g/mol. The molecule has 4 aromatic heterocycles. The summed E-state index contributed by atoms with van der Waals surface area (Å²) in [4.78, 5) is 49.2. The molecule has 1 aliphatic carbocycles. The van der Waals surface area contributed by atoms with Crippen molar-refractivity contribution in [3.8, 4) is 17.0 Å². The Balaban J connectivity index is 1.13. The van der Waals surface area contributed by atoms with Crippen molar-refractivity contribution >= 4 is 40.0 Å². The van der Waals surface area contributed by atoms with Crippen LogP contribution in [-0.2, 0) is 16.1 Å². The van der Waals surface area contributed by atoms with Gasteiger partial charge in [-0.3, -0.25) is 19.1 Å². The molecule has 7 rings (SSSR count). The highest BCUT2D eigenvalue weighted by molar-refractivity contribution is 6.06. The quantitative estimate of drug-likeness (QED) is 0.269. The first-order chi connectivity index (χ1) is 21.4. The number of carbonyl (C=O) groups is 3. The van der Waals surface area contributed by atoms with Gasteiger partial charge in [0.1, 0.15) is 24.1 Å². The normalized spacial score (nSPS) is 19.1. The number of nitrogens with one attached hydrogen (secondary N) is 1. The highest BCUT2D eigenvalue weighted by atomic mass is 19.4. The minimum Gasteiger partial charge on any atom is -0.388 e. The lowest BCUT2D eigenvalue weighted by Crippen LogP contribution is -2.46. The number of anilines is 1. The van der Waals surface area contributed by atoms with E-state index in [-0.39, 0.29) is 41.7 Å². The molecule has 1 aromatic carbocycles. The second kappa shape index (κ2) is 10.4. The number of pyridine rings is 1. The number of aryl methyl sites for hydroxylation is 1. The van der Waals surface area contributed by atoms with Crippen molar-refractivity contribution in [2.45, 2.75) is 51.7 Å². The number of Topliss-reactive ketones (excluding diaryl/α,β-unsaturated/α-hetero) is 1. The highest BCUT2D eigenvalue weighted by Gasteiger charge is 2.56. The van der Waals surface area contributed by atoms with Crippen molar-refractivity contribution in [2.75, 3.05) is 5.32 Å². The number of nitrogens with zero attached hydrogens (tertiary/aromatic N) is 7. The van der Waals surface area contributed by atoms with Crippen LogP contribution in [0.5, 0.6) is 5.88 Å². The van der Waals surface area contributed by atoms with Crippen LogP contribution < -0.4 is 10.1 Å². The number of hydrogen-bond acceptors (Lipinski definition) is 8. The van der Waals surface area contributed by atoms with Crippen LogP contribution in [0.25, 0.3) is 27.7 Å². The molecule has 1 aliphatic heterocycles. The summed E-state index contributed by atoms with van der Waals surface area (Å²) in [5, 5.41) is 12.0. The number of ketones is 1. The molecule has 0 spiro atoms. The van der Waals surface area contributed by atoms with Crippen molar-refractivity contribution in [1.82, 2.24) is 34.3 Å². The largest absolute Gasteiger partial charge is 0.574 e. The standard InChI is InChI=1S/C30H25F3N8O4/c1-15-8-25-34-12-19(13-40(25)37-15)17-6-7-21-20(9-17)28(16(2)42)38-39(21)14-27(43)41-22-10-18(22)11-23(41)29(44)36-24-4-3-5-26(35-24)45-30(31,32)33/h3-9,12-13,18,22-23H,10-11,14H2,1-2H3,(H,35,36,44)/t18-,22-,23+/m1/s1. The predicted molar refractivity (Wildman–Crippen MR) is 153 cm³/mol. The average Bonchev–Trinajstić information content (AvgIpc) is 3.29. The van der Waals surface area contributed by atoms with Crippen molar-refractivity contribution in [3.63, 3.8) is 0 Å². The Morgan fingerprint density at radius 2 is 1.89 bits per heavy atom. The van der Waals surface area contributed by atoms with Gasteiger partial charge in [-0.15, -0.1) is 13.2 Å². The first kappa shape index (κ1) is 28.4. The summed E-state index contributed by atoms with van der Waals surface area (Å²) in [5.41, 5.74) is 3.88. The Labute approximate surface area is 252 Å². The van der Waals surface area contributed by atoms with Crippen molar-refractivity contribution in [2.24, 2.45) is 5.92 Å². The number of benzene rings is 1. The third-order valence-corrected chi connectivity index (χ3v) is 8.03. The van der Waals surface area contributed by atoms with E-state index >= 15 is 0 Å². The number of rotatable bonds is 7. The molecule has 0 radical (unpaired) electrons. The summed E-state index contributed by atoms with van der Waals surface area (Å²) in [6, 6.07) is 9.97. The third kappa shape index (κ3) is 5.45. The Hall–Kier alpha value is -5.34. The van der Waals surface area contributed by atoms with Gasteiger partial charge < -0.3 is 15.0 Å². The topological polar surface area (TPSA) is 137 Å². The maximum absolute atomic E-state index is 13.7. The van der Waals surface area contributed by atoms with E-state index in [9.17, 15) is 27.6 Å². The SMILES string of the molecule is CC(=O)c1nn(CC(=O)N2[C@@H]3C[C@@H]3C[C@H]2C(=O)Nc2cccc(OC(F)(F)F)n2)c2ccc(-c3cnc4cc(C)nn4c3)cc12. The van der Waals surface area contributed by atoms with Gasteiger partial charge >= 0.3 is 6.36 Å². The van der Waals surface area contributed by atoms with Crippen molar-refractivity contribution in [3.05, 3.63) is 66.2 Å². The molecule has 45 heavy (non-hydrogen) atoms. The monoisotopic (exact) mass is 618 g/mol. The number of fused-ring (bicyclic) bond motifs is 3. The first-order valence-electron chi connectivity index (χ1n) is 14.1. The van der Waals surface area contributed by atoms with Crippen LogP contribution in [0.4, 0.5) is 19.0 Å². The molecule has 230 valence electrons. The number of carbonyl (C=O) groups excluding carboxylic acids is 3. The van der Waals surface area contributed by atoms with Crippen LogP contribution in [0.15, 0.2) is 54.9 Å². The van der Waals surface area contributed by atoms with Gasteiger partial charge in [-0.2, -0.15) is 15.2 Å². The van der Waals surface area contributed by atoms with E-state index in [1.807, 2.05) is 31.3 Å². The molecule has 1 saturated heterocycles. The van der Waals surface area contributed by atoms with E-state index < -0.39 is 24.2 Å². The van der Waals surface area contributed by atoms with E-state index in [0.717, 1.165) is 29.3 Å². The molecule has 0 bridgehead atoms. The molecule has 5 heterocycles. The van der Waals surface area contributed by atoms with Crippen LogP contribution in [0.1, 0.15) is 35.9 Å². The fourth-order valence-electron chi connectivity index (χ4n) is 6.01. The molecule has 12 nitrogen and oxygen atoms in total. The van der Waals surface area contributed by atoms with E-state index in [1.165, 1.54) is 28.6 Å². The molecule has 2 amide bonds. The van der Waals surface area contributed by atoms with Crippen LogP contribution in [0, 0.1) is 12.8 Å². The van der Waals surface area contributed by atoms with E-state index in [2.05, 4.69) is 30.2 Å². The van der Waals surface area contributed by atoms with Crippen LogP contribution in [0.2, 0.25) is 0 Å². The summed E-state index contributed by atoms with van der Waals surface area (Å²) >= 11 is 0. The number of halogens is 3. The number of amides is 2. The maximum atomic E-state index is 13.7. The lowest BCUT2D eigenvalue weighted by atomic mass is 10.0. The zero-order chi connectivity index (χ0) is 31.6. The fraction of sp³-hybridized carbons (Fsp3) is 0.300. The summed E-state index contributed by atoms with van der Waals surface area (Å²) in [6.45, 7) is 3.06. The molecule has 3 atom stereocenters. The Morgan fingerprint density at radius 1 is 1.07 bits per heavy atom. The van der Waals surface area contributed by atoms with Gasteiger partial charge in [-0.05, 0) is 49.4 Å².